The molecule has 1 nitrogen and oxygen atoms in total. The number of ketones is 1. The van der Waals surface area contributed by atoms with Gasteiger partial charge in [0.25, 0.3) is 0 Å². The van der Waals surface area contributed by atoms with Crippen molar-refractivity contribution in [2.24, 2.45) is 5.92 Å². The zero-order valence-corrected chi connectivity index (χ0v) is 6.68. The van der Waals surface area contributed by atoms with Crippen LogP contribution in [-0.2, 0) is 4.79 Å². The Morgan fingerprint density at radius 2 is 2.30 bits per heavy atom. The number of rotatable bonds is 4. The topological polar surface area (TPSA) is 17.1 Å². The molecule has 0 radical (unpaired) electrons. The number of carbonyl (C=O) groups excluding carboxylic acids is 1. The van der Waals surface area contributed by atoms with Crippen molar-refractivity contribution in [1.29, 1.82) is 0 Å². The van der Waals surface area contributed by atoms with E-state index in [4.69, 9.17) is 6.42 Å². The second-order valence-electron chi connectivity index (χ2n) is 2.75. The molecule has 0 aromatic rings. The fourth-order valence-corrected chi connectivity index (χ4v) is 0.923. The lowest BCUT2D eigenvalue weighted by Gasteiger charge is -2.04. The molecule has 0 rings (SSSR count). The summed E-state index contributed by atoms with van der Waals surface area (Å²) in [6.07, 6.45) is 7.50. The van der Waals surface area contributed by atoms with Crippen LogP contribution in [0.1, 0.15) is 33.1 Å². The van der Waals surface area contributed by atoms with E-state index in [1.54, 1.807) is 6.92 Å². The Bertz CT molecular complexity index is 141. The zero-order valence-electron chi connectivity index (χ0n) is 6.68. The number of carbonyl (C=O) groups is 1. The van der Waals surface area contributed by atoms with Gasteiger partial charge in [-0.3, -0.25) is 0 Å². The SMILES string of the molecule is C#CCCC(C)CC(C)=O. The molecule has 0 aliphatic heterocycles. The van der Waals surface area contributed by atoms with Crippen molar-refractivity contribution in [3.05, 3.63) is 0 Å². The lowest BCUT2D eigenvalue weighted by molar-refractivity contribution is -0.117. The quantitative estimate of drug-likeness (QED) is 0.543. The summed E-state index contributed by atoms with van der Waals surface area (Å²) in [5.41, 5.74) is 0. The molecular formula is C9H14O. The van der Waals surface area contributed by atoms with Crippen molar-refractivity contribution < 1.29 is 4.79 Å². The van der Waals surface area contributed by atoms with Crippen LogP contribution in [0.25, 0.3) is 0 Å². The summed E-state index contributed by atoms with van der Waals surface area (Å²) in [5, 5.41) is 0. The van der Waals surface area contributed by atoms with Crippen LogP contribution in [0.3, 0.4) is 0 Å². The van der Waals surface area contributed by atoms with E-state index in [1.165, 1.54) is 0 Å². The molecule has 0 spiro atoms. The van der Waals surface area contributed by atoms with Crippen LogP contribution in [0.15, 0.2) is 0 Å². The summed E-state index contributed by atoms with van der Waals surface area (Å²) >= 11 is 0. The van der Waals surface area contributed by atoms with Gasteiger partial charge in [-0.05, 0) is 19.3 Å². The molecule has 0 aliphatic carbocycles. The molecule has 0 fully saturated rings. The van der Waals surface area contributed by atoms with E-state index in [0.29, 0.717) is 12.3 Å². The molecule has 0 aromatic heterocycles. The summed E-state index contributed by atoms with van der Waals surface area (Å²) < 4.78 is 0. The fourth-order valence-electron chi connectivity index (χ4n) is 0.923. The highest BCUT2D eigenvalue weighted by atomic mass is 16.1. The standard InChI is InChI=1S/C9H14O/c1-4-5-6-8(2)7-9(3)10/h1,8H,5-7H2,2-3H3. The lowest BCUT2D eigenvalue weighted by Crippen LogP contribution is -2.00. The van der Waals surface area contributed by atoms with Gasteiger partial charge in [-0.15, -0.1) is 12.3 Å². The van der Waals surface area contributed by atoms with Crippen LogP contribution in [0.4, 0.5) is 0 Å². The maximum atomic E-state index is 10.6. The van der Waals surface area contributed by atoms with Gasteiger partial charge in [0.2, 0.25) is 0 Å². The third-order valence-corrected chi connectivity index (χ3v) is 1.42. The molecule has 56 valence electrons. The predicted octanol–water partition coefficient (Wildman–Crippen LogP) is 2.01. The Morgan fingerprint density at radius 3 is 2.70 bits per heavy atom. The van der Waals surface area contributed by atoms with Crippen LogP contribution < -0.4 is 0 Å². The van der Waals surface area contributed by atoms with Gasteiger partial charge in [0.15, 0.2) is 0 Å². The van der Waals surface area contributed by atoms with Crippen molar-refractivity contribution in [3.63, 3.8) is 0 Å². The van der Waals surface area contributed by atoms with Crippen LogP contribution in [0, 0.1) is 18.3 Å². The van der Waals surface area contributed by atoms with Gasteiger partial charge >= 0.3 is 0 Å². The molecule has 0 saturated carbocycles. The maximum absolute atomic E-state index is 10.6. The monoisotopic (exact) mass is 138 g/mol. The summed E-state index contributed by atoms with van der Waals surface area (Å²) in [6, 6.07) is 0. The van der Waals surface area contributed by atoms with Crippen LogP contribution >= 0.6 is 0 Å². The molecule has 0 saturated heterocycles. The highest BCUT2D eigenvalue weighted by Crippen LogP contribution is 2.09. The molecule has 0 heterocycles. The molecule has 0 aliphatic rings. The van der Waals surface area contributed by atoms with Crippen molar-refractivity contribution >= 4 is 5.78 Å². The molecule has 1 heteroatoms. The number of Topliss-reactive ketones (excluding diaryl/α,β-unsaturated/α-hetero) is 1. The third-order valence-electron chi connectivity index (χ3n) is 1.42. The first-order valence-corrected chi connectivity index (χ1v) is 3.59. The third kappa shape index (κ3) is 5.37. The number of hydrogen-bond acceptors (Lipinski definition) is 1. The van der Waals surface area contributed by atoms with Crippen molar-refractivity contribution in [2.45, 2.75) is 33.1 Å². The molecule has 0 N–H and O–H groups in total. The fraction of sp³-hybridized carbons (Fsp3) is 0.667. The molecule has 0 bridgehead atoms. The zero-order chi connectivity index (χ0) is 7.98. The van der Waals surface area contributed by atoms with Crippen molar-refractivity contribution in [3.8, 4) is 12.3 Å². The van der Waals surface area contributed by atoms with E-state index in [0.717, 1.165) is 12.8 Å². The van der Waals surface area contributed by atoms with Gasteiger partial charge in [-0.1, -0.05) is 6.92 Å². The molecule has 10 heavy (non-hydrogen) atoms. The molecule has 1 unspecified atom stereocenters. The predicted molar refractivity (Wildman–Crippen MR) is 42.5 cm³/mol. The first-order chi connectivity index (χ1) is 4.66. The number of hydrogen-bond donors (Lipinski definition) is 0. The first-order valence-electron chi connectivity index (χ1n) is 3.59. The average Bonchev–Trinajstić information content (AvgIpc) is 1.82. The molecule has 1 atom stereocenters. The summed E-state index contributed by atoms with van der Waals surface area (Å²) in [5.74, 6) is 3.27. The molecule has 0 aromatic carbocycles. The van der Waals surface area contributed by atoms with E-state index in [9.17, 15) is 4.79 Å². The van der Waals surface area contributed by atoms with Crippen LogP contribution in [0.5, 0.6) is 0 Å². The van der Waals surface area contributed by atoms with E-state index in [-0.39, 0.29) is 5.78 Å². The summed E-state index contributed by atoms with van der Waals surface area (Å²) in [7, 11) is 0. The van der Waals surface area contributed by atoms with Crippen LogP contribution in [0.2, 0.25) is 0 Å². The Labute approximate surface area is 62.8 Å². The van der Waals surface area contributed by atoms with Crippen molar-refractivity contribution in [2.75, 3.05) is 0 Å². The Hall–Kier alpha value is -0.770. The van der Waals surface area contributed by atoms with Gasteiger partial charge in [-0.2, -0.15) is 0 Å². The average molecular weight is 138 g/mol. The second-order valence-corrected chi connectivity index (χ2v) is 2.75. The Balaban J connectivity index is 3.36. The van der Waals surface area contributed by atoms with Gasteiger partial charge in [0.1, 0.15) is 5.78 Å². The lowest BCUT2D eigenvalue weighted by atomic mass is 10.0. The minimum absolute atomic E-state index is 0.254. The smallest absolute Gasteiger partial charge is 0.130 e. The van der Waals surface area contributed by atoms with E-state index in [1.807, 2.05) is 0 Å². The normalized spacial score (nSPS) is 12.1. The summed E-state index contributed by atoms with van der Waals surface area (Å²) in [4.78, 5) is 10.6. The highest BCUT2D eigenvalue weighted by Gasteiger charge is 2.02. The highest BCUT2D eigenvalue weighted by molar-refractivity contribution is 5.75. The molecule has 0 amide bonds. The van der Waals surface area contributed by atoms with E-state index >= 15 is 0 Å². The Kier molecular flexibility index (Phi) is 4.66. The minimum Gasteiger partial charge on any atom is -0.300 e. The van der Waals surface area contributed by atoms with Gasteiger partial charge in [-0.25, -0.2) is 0 Å². The van der Waals surface area contributed by atoms with E-state index < -0.39 is 0 Å². The summed E-state index contributed by atoms with van der Waals surface area (Å²) in [6.45, 7) is 3.67. The van der Waals surface area contributed by atoms with Gasteiger partial charge in [0.05, 0.1) is 0 Å². The molecular weight excluding hydrogens is 124 g/mol. The maximum Gasteiger partial charge on any atom is 0.130 e. The minimum atomic E-state index is 0.254. The van der Waals surface area contributed by atoms with Gasteiger partial charge in [0, 0.05) is 12.8 Å². The largest absolute Gasteiger partial charge is 0.300 e. The van der Waals surface area contributed by atoms with Crippen LogP contribution in [-0.4, -0.2) is 5.78 Å². The van der Waals surface area contributed by atoms with Gasteiger partial charge < -0.3 is 4.79 Å². The first kappa shape index (κ1) is 9.23. The van der Waals surface area contributed by atoms with Crippen molar-refractivity contribution in [1.82, 2.24) is 0 Å². The number of terminal acetylenes is 1. The van der Waals surface area contributed by atoms with E-state index in [2.05, 4.69) is 12.8 Å². The Morgan fingerprint density at radius 1 is 1.70 bits per heavy atom. The second kappa shape index (κ2) is 5.05.